The molecule has 2 aromatic carbocycles. The van der Waals surface area contributed by atoms with Crippen LogP contribution in [0.15, 0.2) is 40.9 Å². The number of nitrogens with zero attached hydrogens (tertiary/aromatic N) is 3. The Morgan fingerprint density at radius 1 is 1.03 bits per heavy atom. The van der Waals surface area contributed by atoms with Crippen LogP contribution in [0.5, 0.6) is 11.5 Å². The van der Waals surface area contributed by atoms with E-state index in [1.165, 1.54) is 19.1 Å². The molecule has 29 heavy (non-hydrogen) atoms. The number of aromatic nitrogens is 2. The maximum atomic E-state index is 13.5. The second kappa shape index (κ2) is 7.50. The number of amides is 1. The molecular formula is C20H17F2N3O4. The first-order valence-electron chi connectivity index (χ1n) is 8.80. The van der Waals surface area contributed by atoms with Crippen LogP contribution < -0.4 is 14.4 Å². The van der Waals surface area contributed by atoms with E-state index < -0.39 is 11.6 Å². The molecule has 9 heteroatoms. The number of carbonyl (C=O) groups is 1. The Kier molecular flexibility index (Phi) is 4.87. The molecule has 1 aliphatic rings. The van der Waals surface area contributed by atoms with Crippen LogP contribution in [0.25, 0.3) is 11.5 Å². The lowest BCUT2D eigenvalue weighted by atomic mass is 10.1. The number of ether oxygens (including phenoxy) is 2. The Bertz CT molecular complexity index is 1030. The lowest BCUT2D eigenvalue weighted by Gasteiger charge is -2.16. The molecule has 0 N–H and O–H groups in total. The van der Waals surface area contributed by atoms with Crippen LogP contribution in [0, 0.1) is 11.6 Å². The molecule has 150 valence electrons. The van der Waals surface area contributed by atoms with Gasteiger partial charge in [0.25, 0.3) is 5.89 Å². The van der Waals surface area contributed by atoms with Crippen molar-refractivity contribution < 1.29 is 27.6 Å². The van der Waals surface area contributed by atoms with Crippen molar-refractivity contribution in [3.63, 3.8) is 0 Å². The average Bonchev–Trinajstić information content (AvgIpc) is 3.33. The SMILES string of the molecule is COc1cc(OC)cc(-c2nc(C3CC(=O)N(c4cc(F)cc(F)c4)C3)no2)c1. The highest BCUT2D eigenvalue weighted by Crippen LogP contribution is 2.33. The van der Waals surface area contributed by atoms with Crippen molar-refractivity contribution in [3.05, 3.63) is 53.9 Å². The Morgan fingerprint density at radius 2 is 1.69 bits per heavy atom. The summed E-state index contributed by atoms with van der Waals surface area (Å²) in [6.07, 6.45) is 0.110. The normalized spacial score (nSPS) is 16.3. The summed E-state index contributed by atoms with van der Waals surface area (Å²) in [6.45, 7) is 0.197. The van der Waals surface area contributed by atoms with Crippen LogP contribution in [0.2, 0.25) is 0 Å². The highest BCUT2D eigenvalue weighted by molar-refractivity contribution is 5.96. The fourth-order valence-corrected chi connectivity index (χ4v) is 3.27. The van der Waals surface area contributed by atoms with E-state index in [9.17, 15) is 13.6 Å². The van der Waals surface area contributed by atoms with E-state index >= 15 is 0 Å². The van der Waals surface area contributed by atoms with Gasteiger partial charge in [0.1, 0.15) is 23.1 Å². The van der Waals surface area contributed by atoms with Gasteiger partial charge in [-0.05, 0) is 24.3 Å². The molecular weight excluding hydrogens is 384 g/mol. The van der Waals surface area contributed by atoms with Crippen LogP contribution >= 0.6 is 0 Å². The highest BCUT2D eigenvalue weighted by Gasteiger charge is 2.35. The zero-order valence-electron chi connectivity index (χ0n) is 15.7. The average molecular weight is 401 g/mol. The molecule has 1 saturated heterocycles. The Hall–Kier alpha value is -3.49. The fourth-order valence-electron chi connectivity index (χ4n) is 3.27. The molecule has 2 heterocycles. The molecule has 0 aliphatic carbocycles. The monoisotopic (exact) mass is 401 g/mol. The third kappa shape index (κ3) is 3.75. The van der Waals surface area contributed by atoms with Crippen LogP contribution in [0.4, 0.5) is 14.5 Å². The summed E-state index contributed by atoms with van der Waals surface area (Å²) in [7, 11) is 3.07. The molecule has 1 aliphatic heterocycles. The zero-order valence-corrected chi connectivity index (χ0v) is 15.7. The molecule has 1 unspecified atom stereocenters. The van der Waals surface area contributed by atoms with Gasteiger partial charge in [0.15, 0.2) is 5.82 Å². The number of hydrogen-bond acceptors (Lipinski definition) is 6. The molecule has 3 aromatic rings. The van der Waals surface area contributed by atoms with Crippen molar-refractivity contribution in [2.75, 3.05) is 25.7 Å². The van der Waals surface area contributed by atoms with E-state index in [0.29, 0.717) is 22.9 Å². The van der Waals surface area contributed by atoms with Gasteiger partial charge in [-0.15, -0.1) is 0 Å². The van der Waals surface area contributed by atoms with Gasteiger partial charge < -0.3 is 18.9 Å². The summed E-state index contributed by atoms with van der Waals surface area (Å²) in [5.74, 6) is -0.401. The van der Waals surface area contributed by atoms with E-state index in [4.69, 9.17) is 14.0 Å². The van der Waals surface area contributed by atoms with Crippen LogP contribution in [-0.4, -0.2) is 36.8 Å². The second-order valence-corrected chi connectivity index (χ2v) is 6.59. The van der Waals surface area contributed by atoms with Gasteiger partial charge in [0.2, 0.25) is 5.91 Å². The lowest BCUT2D eigenvalue weighted by Crippen LogP contribution is -2.24. The van der Waals surface area contributed by atoms with Gasteiger partial charge in [0, 0.05) is 42.3 Å². The molecule has 0 radical (unpaired) electrons. The topological polar surface area (TPSA) is 77.7 Å². The number of halogens is 2. The van der Waals surface area contributed by atoms with E-state index in [-0.39, 0.29) is 36.4 Å². The molecule has 0 spiro atoms. The van der Waals surface area contributed by atoms with E-state index in [1.807, 2.05) is 0 Å². The summed E-state index contributed by atoms with van der Waals surface area (Å²) in [5, 5.41) is 3.99. The largest absolute Gasteiger partial charge is 0.497 e. The van der Waals surface area contributed by atoms with Gasteiger partial charge in [-0.3, -0.25) is 4.79 Å². The van der Waals surface area contributed by atoms with E-state index in [1.54, 1.807) is 18.2 Å². The summed E-state index contributed by atoms with van der Waals surface area (Å²) in [4.78, 5) is 18.1. The quantitative estimate of drug-likeness (QED) is 0.651. The molecule has 4 rings (SSSR count). The first-order chi connectivity index (χ1) is 14.0. The van der Waals surface area contributed by atoms with Crippen molar-refractivity contribution in [1.82, 2.24) is 10.1 Å². The van der Waals surface area contributed by atoms with Crippen molar-refractivity contribution >= 4 is 11.6 Å². The first-order valence-corrected chi connectivity index (χ1v) is 8.80. The number of anilines is 1. The molecule has 7 nitrogen and oxygen atoms in total. The van der Waals surface area contributed by atoms with Gasteiger partial charge in [0.05, 0.1) is 14.2 Å². The maximum absolute atomic E-state index is 13.5. The minimum atomic E-state index is -0.745. The minimum Gasteiger partial charge on any atom is -0.497 e. The second-order valence-electron chi connectivity index (χ2n) is 6.59. The van der Waals surface area contributed by atoms with E-state index in [0.717, 1.165) is 18.2 Å². The smallest absolute Gasteiger partial charge is 0.258 e. The molecule has 1 amide bonds. The minimum absolute atomic E-state index is 0.110. The van der Waals surface area contributed by atoms with Crippen molar-refractivity contribution in [3.8, 4) is 23.0 Å². The summed E-state index contributed by atoms with van der Waals surface area (Å²) in [5.41, 5.74) is 0.768. The zero-order chi connectivity index (χ0) is 20.5. The molecule has 0 saturated carbocycles. The molecule has 1 atom stereocenters. The standard InChI is InChI=1S/C20H17F2N3O4/c1-27-16-3-11(4-17(9-16)28-2)20-23-19(24-29-20)12-5-18(26)25(10-12)15-7-13(21)6-14(22)8-15/h3-4,6-9,12H,5,10H2,1-2H3. The van der Waals surface area contributed by atoms with E-state index in [2.05, 4.69) is 10.1 Å². The Balaban J connectivity index is 1.58. The lowest BCUT2D eigenvalue weighted by molar-refractivity contribution is -0.117. The number of methoxy groups -OCH3 is 2. The van der Waals surface area contributed by atoms with Crippen LogP contribution in [-0.2, 0) is 4.79 Å². The van der Waals surface area contributed by atoms with Crippen molar-refractivity contribution in [1.29, 1.82) is 0 Å². The first kappa shape index (κ1) is 18.9. The number of rotatable bonds is 5. The number of hydrogen-bond donors (Lipinski definition) is 0. The van der Waals surface area contributed by atoms with Crippen molar-refractivity contribution in [2.45, 2.75) is 12.3 Å². The van der Waals surface area contributed by atoms with Gasteiger partial charge >= 0.3 is 0 Å². The number of carbonyl (C=O) groups excluding carboxylic acids is 1. The highest BCUT2D eigenvalue weighted by atomic mass is 19.1. The molecule has 1 aromatic heterocycles. The summed E-state index contributed by atoms with van der Waals surface area (Å²) < 4.78 is 42.8. The van der Waals surface area contributed by atoms with Gasteiger partial charge in [-0.2, -0.15) is 4.98 Å². The predicted molar refractivity (Wildman–Crippen MR) is 98.9 cm³/mol. The fraction of sp³-hybridized carbons (Fsp3) is 0.250. The Labute approximate surface area is 164 Å². The summed E-state index contributed by atoms with van der Waals surface area (Å²) >= 11 is 0. The maximum Gasteiger partial charge on any atom is 0.258 e. The van der Waals surface area contributed by atoms with Crippen LogP contribution in [0.3, 0.4) is 0 Å². The van der Waals surface area contributed by atoms with Crippen molar-refractivity contribution in [2.24, 2.45) is 0 Å². The Morgan fingerprint density at radius 3 is 2.31 bits per heavy atom. The molecule has 1 fully saturated rings. The predicted octanol–water partition coefficient (Wildman–Crippen LogP) is 3.55. The van der Waals surface area contributed by atoms with Gasteiger partial charge in [-0.25, -0.2) is 8.78 Å². The molecule has 0 bridgehead atoms. The third-order valence-corrected chi connectivity index (χ3v) is 4.69. The third-order valence-electron chi connectivity index (χ3n) is 4.69. The van der Waals surface area contributed by atoms with Crippen LogP contribution in [0.1, 0.15) is 18.2 Å². The number of benzene rings is 2. The summed E-state index contributed by atoms with van der Waals surface area (Å²) in [6, 6.07) is 8.16. The van der Waals surface area contributed by atoms with Gasteiger partial charge in [-0.1, -0.05) is 5.16 Å².